The molecule has 1 saturated heterocycles. The average molecular weight is 304 g/mol. The molecule has 0 aromatic heterocycles. The van der Waals surface area contributed by atoms with Crippen molar-refractivity contribution in [1.29, 1.82) is 0 Å². The fraction of sp³-hybridized carbons (Fsp3) is 0.588. The number of likely N-dealkylation sites (tertiary alicyclic amines) is 1. The lowest BCUT2D eigenvalue weighted by atomic mass is 10.0. The molecule has 1 aliphatic heterocycles. The zero-order chi connectivity index (χ0) is 15.9. The zero-order valence-electron chi connectivity index (χ0n) is 13.9. The first-order chi connectivity index (χ1) is 10.6. The Kier molecular flexibility index (Phi) is 6.07. The van der Waals surface area contributed by atoms with Gasteiger partial charge in [0.15, 0.2) is 5.96 Å². The standard InChI is InChI=1S/C17H28N4O/c1-13-8-6-7-11-21(13)14(2)12-19-17(18)20-15-9-4-5-10-16(15)22-3/h4-5,9-10,13-14H,6-8,11-12H2,1-3H3,(H3,18,19,20). The van der Waals surface area contributed by atoms with E-state index in [0.717, 1.165) is 18.0 Å². The highest BCUT2D eigenvalue weighted by atomic mass is 16.5. The number of methoxy groups -OCH3 is 1. The maximum atomic E-state index is 6.01. The van der Waals surface area contributed by atoms with E-state index in [1.54, 1.807) is 7.11 Å². The van der Waals surface area contributed by atoms with Gasteiger partial charge in [-0.05, 0) is 45.4 Å². The van der Waals surface area contributed by atoms with Gasteiger partial charge >= 0.3 is 0 Å². The molecule has 1 aromatic rings. The highest BCUT2D eigenvalue weighted by Gasteiger charge is 2.22. The van der Waals surface area contributed by atoms with E-state index in [1.165, 1.54) is 19.3 Å². The average Bonchev–Trinajstić information content (AvgIpc) is 2.53. The van der Waals surface area contributed by atoms with Crippen molar-refractivity contribution in [3.05, 3.63) is 24.3 Å². The number of nitrogens with one attached hydrogen (secondary N) is 1. The Morgan fingerprint density at radius 2 is 2.23 bits per heavy atom. The molecule has 0 aliphatic carbocycles. The number of nitrogens with zero attached hydrogens (tertiary/aromatic N) is 2. The quantitative estimate of drug-likeness (QED) is 0.648. The smallest absolute Gasteiger partial charge is 0.193 e. The van der Waals surface area contributed by atoms with Gasteiger partial charge in [-0.2, -0.15) is 0 Å². The number of hydrogen-bond acceptors (Lipinski definition) is 3. The minimum atomic E-state index is 0.410. The molecule has 0 amide bonds. The van der Waals surface area contributed by atoms with Crippen molar-refractivity contribution < 1.29 is 4.74 Å². The van der Waals surface area contributed by atoms with Crippen LogP contribution in [0.15, 0.2) is 29.3 Å². The highest BCUT2D eigenvalue weighted by Crippen LogP contribution is 2.23. The zero-order valence-corrected chi connectivity index (χ0v) is 13.9. The first-order valence-electron chi connectivity index (χ1n) is 8.07. The van der Waals surface area contributed by atoms with Crippen molar-refractivity contribution in [2.75, 3.05) is 25.5 Å². The van der Waals surface area contributed by atoms with Crippen LogP contribution in [0.2, 0.25) is 0 Å². The van der Waals surface area contributed by atoms with Crippen LogP contribution in [0.4, 0.5) is 5.69 Å². The van der Waals surface area contributed by atoms with Crippen molar-refractivity contribution in [3.63, 3.8) is 0 Å². The lowest BCUT2D eigenvalue weighted by Crippen LogP contribution is -2.45. The number of hydrogen-bond donors (Lipinski definition) is 2. The van der Waals surface area contributed by atoms with Crippen molar-refractivity contribution in [1.82, 2.24) is 4.90 Å². The number of para-hydroxylation sites is 2. The number of guanidine groups is 1. The van der Waals surface area contributed by atoms with Gasteiger partial charge < -0.3 is 15.8 Å². The topological polar surface area (TPSA) is 62.9 Å². The number of aliphatic imine (C=N–C) groups is 1. The van der Waals surface area contributed by atoms with Crippen LogP contribution >= 0.6 is 0 Å². The van der Waals surface area contributed by atoms with Gasteiger partial charge in [0, 0.05) is 12.1 Å². The molecule has 1 heterocycles. The van der Waals surface area contributed by atoms with E-state index in [0.29, 0.717) is 24.6 Å². The normalized spacial score (nSPS) is 21.4. The second-order valence-electron chi connectivity index (χ2n) is 5.98. The molecule has 0 radical (unpaired) electrons. The summed E-state index contributed by atoms with van der Waals surface area (Å²) in [7, 11) is 1.65. The highest BCUT2D eigenvalue weighted by molar-refractivity contribution is 5.93. The summed E-state index contributed by atoms with van der Waals surface area (Å²) in [5.74, 6) is 1.19. The van der Waals surface area contributed by atoms with E-state index in [2.05, 4.69) is 29.1 Å². The molecule has 0 bridgehead atoms. The first-order valence-corrected chi connectivity index (χ1v) is 8.07. The number of rotatable bonds is 5. The van der Waals surface area contributed by atoms with E-state index in [1.807, 2.05) is 24.3 Å². The fourth-order valence-corrected chi connectivity index (χ4v) is 3.04. The third kappa shape index (κ3) is 4.37. The van der Waals surface area contributed by atoms with Gasteiger partial charge in [-0.3, -0.25) is 9.89 Å². The predicted molar refractivity (Wildman–Crippen MR) is 92.6 cm³/mol. The monoisotopic (exact) mass is 304 g/mol. The molecule has 1 aliphatic rings. The Morgan fingerprint density at radius 1 is 1.45 bits per heavy atom. The van der Waals surface area contributed by atoms with Crippen LogP contribution in [0.3, 0.4) is 0 Å². The van der Waals surface area contributed by atoms with E-state index in [4.69, 9.17) is 10.5 Å². The van der Waals surface area contributed by atoms with E-state index in [-0.39, 0.29) is 0 Å². The van der Waals surface area contributed by atoms with Crippen LogP contribution in [0, 0.1) is 0 Å². The molecule has 1 fully saturated rings. The summed E-state index contributed by atoms with van der Waals surface area (Å²) in [4.78, 5) is 7.02. The second-order valence-corrected chi connectivity index (χ2v) is 5.98. The summed E-state index contributed by atoms with van der Waals surface area (Å²) in [6.45, 7) is 6.40. The first kappa shape index (κ1) is 16.6. The van der Waals surface area contributed by atoms with Crippen molar-refractivity contribution in [2.45, 2.75) is 45.2 Å². The minimum Gasteiger partial charge on any atom is -0.495 e. The molecule has 5 nitrogen and oxygen atoms in total. The van der Waals surface area contributed by atoms with Crippen LogP contribution in [0.1, 0.15) is 33.1 Å². The molecule has 0 spiro atoms. The molecule has 1 aromatic carbocycles. The van der Waals surface area contributed by atoms with Crippen molar-refractivity contribution in [3.8, 4) is 5.75 Å². The number of anilines is 1. The van der Waals surface area contributed by atoms with E-state index >= 15 is 0 Å². The largest absolute Gasteiger partial charge is 0.495 e. The summed E-state index contributed by atoms with van der Waals surface area (Å²) in [6, 6.07) is 8.74. The molecule has 2 rings (SSSR count). The summed E-state index contributed by atoms with van der Waals surface area (Å²) in [6.07, 6.45) is 3.90. The van der Waals surface area contributed by atoms with Gasteiger partial charge in [0.1, 0.15) is 5.75 Å². The van der Waals surface area contributed by atoms with E-state index < -0.39 is 0 Å². The van der Waals surface area contributed by atoms with E-state index in [9.17, 15) is 0 Å². The van der Waals surface area contributed by atoms with Gasteiger partial charge in [-0.1, -0.05) is 18.6 Å². The van der Waals surface area contributed by atoms with Crippen molar-refractivity contribution >= 4 is 11.6 Å². The van der Waals surface area contributed by atoms with Gasteiger partial charge in [-0.15, -0.1) is 0 Å². The number of piperidine rings is 1. The molecule has 3 N–H and O–H groups in total. The lowest BCUT2D eigenvalue weighted by molar-refractivity contribution is 0.118. The maximum absolute atomic E-state index is 6.01. The Hall–Kier alpha value is -1.75. The Labute approximate surface area is 133 Å². The summed E-state index contributed by atoms with van der Waals surface area (Å²) in [5.41, 5.74) is 6.84. The third-order valence-corrected chi connectivity index (χ3v) is 4.32. The molecule has 2 atom stereocenters. The molecular weight excluding hydrogens is 276 g/mol. The fourth-order valence-electron chi connectivity index (χ4n) is 3.04. The van der Waals surface area contributed by atoms with Gasteiger partial charge in [0.05, 0.1) is 19.3 Å². The van der Waals surface area contributed by atoms with Crippen LogP contribution in [0.25, 0.3) is 0 Å². The lowest BCUT2D eigenvalue weighted by Gasteiger charge is -2.37. The van der Waals surface area contributed by atoms with Crippen molar-refractivity contribution in [2.24, 2.45) is 10.7 Å². The third-order valence-electron chi connectivity index (χ3n) is 4.32. The van der Waals surface area contributed by atoms with Gasteiger partial charge in [0.25, 0.3) is 0 Å². The van der Waals surface area contributed by atoms with Crippen LogP contribution in [-0.4, -0.2) is 43.1 Å². The number of ether oxygens (including phenoxy) is 1. The Bertz CT molecular complexity index is 503. The summed E-state index contributed by atoms with van der Waals surface area (Å²) in [5, 5.41) is 3.12. The molecular formula is C17H28N4O. The Morgan fingerprint density at radius 3 is 2.95 bits per heavy atom. The van der Waals surface area contributed by atoms with Crippen LogP contribution in [0.5, 0.6) is 5.75 Å². The second kappa shape index (κ2) is 8.03. The van der Waals surface area contributed by atoms with Gasteiger partial charge in [-0.25, -0.2) is 0 Å². The minimum absolute atomic E-state index is 0.410. The summed E-state index contributed by atoms with van der Waals surface area (Å²) < 4.78 is 5.30. The molecule has 22 heavy (non-hydrogen) atoms. The van der Waals surface area contributed by atoms with Crippen LogP contribution in [-0.2, 0) is 0 Å². The predicted octanol–water partition coefficient (Wildman–Crippen LogP) is 2.68. The summed E-state index contributed by atoms with van der Waals surface area (Å²) >= 11 is 0. The number of nitrogens with two attached hydrogens (primary N) is 1. The SMILES string of the molecule is COc1ccccc1NC(N)=NCC(C)N1CCCCC1C. The molecule has 2 unspecified atom stereocenters. The van der Waals surface area contributed by atoms with Crippen LogP contribution < -0.4 is 15.8 Å². The maximum Gasteiger partial charge on any atom is 0.193 e. The number of benzene rings is 1. The molecule has 122 valence electrons. The van der Waals surface area contributed by atoms with Gasteiger partial charge in [0.2, 0.25) is 0 Å². The molecule has 0 saturated carbocycles. The Balaban J connectivity index is 1.91. The molecule has 5 heteroatoms.